The summed E-state index contributed by atoms with van der Waals surface area (Å²) in [5.41, 5.74) is 1.50. The van der Waals surface area contributed by atoms with Gasteiger partial charge in [0.2, 0.25) is 0 Å². The summed E-state index contributed by atoms with van der Waals surface area (Å²) in [6.07, 6.45) is 1.77. The Morgan fingerprint density at radius 2 is 1.85 bits per heavy atom. The molecule has 0 aliphatic carbocycles. The molecule has 34 heavy (non-hydrogen) atoms. The Morgan fingerprint density at radius 1 is 1.15 bits per heavy atom. The maximum Gasteiger partial charge on any atom is 0.270 e. The molecule has 2 aromatic carbocycles. The molecule has 2 fully saturated rings. The Kier molecular flexibility index (Phi) is 7.55. The fraction of sp³-hybridized carbons (Fsp3) is 0.320. The summed E-state index contributed by atoms with van der Waals surface area (Å²) in [6.45, 7) is 4.90. The second kappa shape index (κ2) is 10.6. The van der Waals surface area contributed by atoms with Gasteiger partial charge in [0.1, 0.15) is 0 Å². The van der Waals surface area contributed by atoms with E-state index in [1.54, 1.807) is 23.1 Å². The van der Waals surface area contributed by atoms with Crippen LogP contribution in [0.3, 0.4) is 0 Å². The minimum absolute atomic E-state index is 0.00331. The highest BCUT2D eigenvalue weighted by Crippen LogP contribution is 2.37. The number of carbonyl (C=O) groups excluding carboxylic acids is 2. The third-order valence-corrected chi connectivity index (χ3v) is 6.72. The van der Waals surface area contributed by atoms with E-state index in [1.807, 2.05) is 50.2 Å². The predicted octanol–water partition coefficient (Wildman–Crippen LogP) is 4.12. The molecule has 7 nitrogen and oxygen atoms in total. The second-order valence-electron chi connectivity index (χ2n) is 8.11. The quantitative estimate of drug-likeness (QED) is 0.438. The van der Waals surface area contributed by atoms with Gasteiger partial charge in [-0.15, -0.1) is 0 Å². The number of morpholine rings is 1. The fourth-order valence-electron chi connectivity index (χ4n) is 3.92. The molecule has 0 spiro atoms. The van der Waals surface area contributed by atoms with Crippen molar-refractivity contribution in [2.75, 3.05) is 31.7 Å². The van der Waals surface area contributed by atoms with E-state index in [0.29, 0.717) is 33.8 Å². The van der Waals surface area contributed by atoms with Crippen LogP contribution in [0.2, 0.25) is 0 Å². The number of anilines is 1. The molecule has 178 valence electrons. The average molecular weight is 499 g/mol. The highest BCUT2D eigenvalue weighted by molar-refractivity contribution is 8.27. The first-order valence-electron chi connectivity index (χ1n) is 10.9. The van der Waals surface area contributed by atoms with Crippen LogP contribution < -0.4 is 14.4 Å². The maximum absolute atomic E-state index is 13.0. The summed E-state index contributed by atoms with van der Waals surface area (Å²) >= 11 is 6.68. The first kappa shape index (κ1) is 24.3. The molecule has 2 aromatic rings. The summed E-state index contributed by atoms with van der Waals surface area (Å²) in [4.78, 5) is 29.4. The Morgan fingerprint density at radius 3 is 2.53 bits per heavy atom. The van der Waals surface area contributed by atoms with Gasteiger partial charge in [-0.05, 0) is 49.8 Å². The number of hydrogen-bond acceptors (Lipinski definition) is 7. The van der Waals surface area contributed by atoms with Gasteiger partial charge >= 0.3 is 0 Å². The number of thiocarbonyl (C=S) groups is 1. The number of hydrogen-bond donors (Lipinski definition) is 0. The van der Waals surface area contributed by atoms with E-state index < -0.39 is 0 Å². The monoisotopic (exact) mass is 498 g/mol. The van der Waals surface area contributed by atoms with Crippen LogP contribution in [0, 0.1) is 0 Å². The Balaban J connectivity index is 1.45. The third kappa shape index (κ3) is 5.43. The summed E-state index contributed by atoms with van der Waals surface area (Å²) < 4.78 is 17.4. The van der Waals surface area contributed by atoms with E-state index in [2.05, 4.69) is 0 Å². The van der Waals surface area contributed by atoms with E-state index in [-0.39, 0.29) is 30.6 Å². The van der Waals surface area contributed by atoms with Crippen LogP contribution in [0.1, 0.15) is 19.4 Å². The summed E-state index contributed by atoms with van der Waals surface area (Å²) in [5, 5.41) is 0. The molecule has 2 atom stereocenters. The van der Waals surface area contributed by atoms with E-state index in [0.717, 1.165) is 11.3 Å². The zero-order valence-electron chi connectivity index (χ0n) is 19.2. The first-order chi connectivity index (χ1) is 16.4. The molecule has 2 aliphatic rings. The summed E-state index contributed by atoms with van der Waals surface area (Å²) in [6, 6.07) is 14.6. The topological polar surface area (TPSA) is 68.3 Å². The van der Waals surface area contributed by atoms with Crippen molar-refractivity contribution >= 4 is 51.9 Å². The zero-order valence-corrected chi connectivity index (χ0v) is 20.9. The van der Waals surface area contributed by atoms with Crippen molar-refractivity contribution in [3.63, 3.8) is 0 Å². The molecular weight excluding hydrogens is 472 g/mol. The number of thioether (sulfide) groups is 1. The predicted molar refractivity (Wildman–Crippen MR) is 137 cm³/mol. The Bertz CT molecular complexity index is 1110. The molecule has 2 amide bonds. The van der Waals surface area contributed by atoms with Crippen molar-refractivity contribution in [1.82, 2.24) is 4.90 Å². The normalized spacial score (nSPS) is 21.8. The number of para-hydroxylation sites is 1. The third-order valence-electron chi connectivity index (χ3n) is 5.42. The van der Waals surface area contributed by atoms with Gasteiger partial charge in [-0.3, -0.25) is 14.5 Å². The van der Waals surface area contributed by atoms with Crippen LogP contribution in [0.15, 0.2) is 53.4 Å². The van der Waals surface area contributed by atoms with Crippen LogP contribution >= 0.6 is 24.0 Å². The van der Waals surface area contributed by atoms with Crippen molar-refractivity contribution in [3.8, 4) is 11.5 Å². The number of methoxy groups -OCH3 is 1. The number of rotatable bonds is 6. The molecule has 0 saturated carbocycles. The average Bonchev–Trinajstić information content (AvgIpc) is 3.10. The highest BCUT2D eigenvalue weighted by Gasteiger charge is 2.33. The van der Waals surface area contributed by atoms with Gasteiger partial charge in [0.15, 0.2) is 22.4 Å². The Hall–Kier alpha value is -2.88. The number of nitrogens with zero attached hydrogens (tertiary/aromatic N) is 2. The van der Waals surface area contributed by atoms with E-state index >= 15 is 0 Å². The van der Waals surface area contributed by atoms with Crippen LogP contribution in [-0.4, -0.2) is 60.0 Å². The molecule has 0 aromatic heterocycles. The Labute approximate surface area is 208 Å². The van der Waals surface area contributed by atoms with Crippen molar-refractivity contribution in [1.29, 1.82) is 0 Å². The van der Waals surface area contributed by atoms with Gasteiger partial charge < -0.3 is 19.1 Å². The number of carbonyl (C=O) groups is 2. The zero-order chi connectivity index (χ0) is 24.2. The van der Waals surface area contributed by atoms with E-state index in [9.17, 15) is 9.59 Å². The molecule has 0 bridgehead atoms. The molecule has 0 N–H and O–H groups in total. The molecule has 2 saturated heterocycles. The lowest BCUT2D eigenvalue weighted by molar-refractivity contribution is -0.145. The minimum atomic E-state index is -0.167. The van der Waals surface area contributed by atoms with Gasteiger partial charge in [0, 0.05) is 13.1 Å². The lowest BCUT2D eigenvalue weighted by Gasteiger charge is -2.35. The van der Waals surface area contributed by atoms with Crippen molar-refractivity contribution < 1.29 is 23.8 Å². The summed E-state index contributed by atoms with van der Waals surface area (Å²) in [7, 11) is 1.54. The SMILES string of the molecule is COc1cc(/C=C2\SC(=S)N(c3ccccc3)C2=O)ccc1OCC(=O)N1CC(C)OC(C)C1. The van der Waals surface area contributed by atoms with Crippen molar-refractivity contribution in [3.05, 3.63) is 59.0 Å². The van der Waals surface area contributed by atoms with Gasteiger partial charge in [-0.2, -0.15) is 0 Å². The lowest BCUT2D eigenvalue weighted by Crippen LogP contribution is -2.49. The molecule has 4 rings (SSSR count). The van der Waals surface area contributed by atoms with Gasteiger partial charge in [0.25, 0.3) is 11.8 Å². The number of benzene rings is 2. The van der Waals surface area contributed by atoms with Gasteiger partial charge in [-0.25, -0.2) is 0 Å². The van der Waals surface area contributed by atoms with Crippen LogP contribution in [0.4, 0.5) is 5.69 Å². The van der Waals surface area contributed by atoms with Crippen LogP contribution in [-0.2, 0) is 14.3 Å². The van der Waals surface area contributed by atoms with Crippen molar-refractivity contribution in [2.24, 2.45) is 0 Å². The number of ether oxygens (including phenoxy) is 3. The standard InChI is InChI=1S/C25H26N2O5S2/c1-16-13-26(14-17(2)32-16)23(28)15-31-20-10-9-18(11-21(20)30-3)12-22-24(29)27(25(33)34-22)19-7-5-4-6-8-19/h4-12,16-17H,13-15H2,1-3H3/b22-12-. The molecule has 0 radical (unpaired) electrons. The largest absolute Gasteiger partial charge is 0.493 e. The fourth-order valence-corrected chi connectivity index (χ4v) is 5.22. The van der Waals surface area contributed by atoms with Gasteiger partial charge in [0.05, 0.1) is 29.9 Å². The maximum atomic E-state index is 13.0. The first-order valence-corrected chi connectivity index (χ1v) is 12.1. The second-order valence-corrected chi connectivity index (χ2v) is 9.78. The van der Waals surface area contributed by atoms with Crippen LogP contribution in [0.5, 0.6) is 11.5 Å². The van der Waals surface area contributed by atoms with Crippen LogP contribution in [0.25, 0.3) is 6.08 Å². The minimum Gasteiger partial charge on any atom is -0.493 e. The highest BCUT2D eigenvalue weighted by atomic mass is 32.2. The molecule has 2 unspecified atom stereocenters. The molecule has 2 aliphatic heterocycles. The van der Waals surface area contributed by atoms with Crippen molar-refractivity contribution in [2.45, 2.75) is 26.1 Å². The number of amides is 2. The lowest BCUT2D eigenvalue weighted by atomic mass is 10.1. The molecule has 9 heteroatoms. The summed E-state index contributed by atoms with van der Waals surface area (Å²) in [5.74, 6) is 0.667. The molecular formula is C25H26N2O5S2. The molecule has 2 heterocycles. The van der Waals surface area contributed by atoms with E-state index in [4.69, 9.17) is 26.4 Å². The van der Waals surface area contributed by atoms with E-state index in [1.165, 1.54) is 23.8 Å². The van der Waals surface area contributed by atoms with Gasteiger partial charge in [-0.1, -0.05) is 48.2 Å². The smallest absolute Gasteiger partial charge is 0.270 e.